The van der Waals surface area contributed by atoms with Gasteiger partial charge in [-0.1, -0.05) is 36.4 Å². The molecule has 0 aromatic heterocycles. The molecule has 21 heavy (non-hydrogen) atoms. The Balaban J connectivity index is 2.58. The second kappa shape index (κ2) is 6.19. The summed E-state index contributed by atoms with van der Waals surface area (Å²) < 4.78 is 0. The average Bonchev–Trinajstić information content (AvgIpc) is 2.46. The predicted molar refractivity (Wildman–Crippen MR) is 77.6 cm³/mol. The molecule has 5 heteroatoms. The molecule has 0 bridgehead atoms. The van der Waals surface area contributed by atoms with E-state index in [0.717, 1.165) is 0 Å². The van der Waals surface area contributed by atoms with Crippen molar-refractivity contribution in [3.8, 4) is 5.75 Å². The highest BCUT2D eigenvalue weighted by Gasteiger charge is 2.23. The number of nitrogens with zero attached hydrogens (tertiary/aromatic N) is 1. The van der Waals surface area contributed by atoms with Gasteiger partial charge in [-0.25, -0.2) is 4.79 Å². The minimum Gasteiger partial charge on any atom is -0.478 e. The van der Waals surface area contributed by atoms with Crippen molar-refractivity contribution in [1.82, 2.24) is 5.06 Å². The van der Waals surface area contributed by atoms with E-state index in [9.17, 15) is 14.7 Å². The minimum atomic E-state index is -1.17. The number of carbonyl (C=O) groups excluding carboxylic acids is 1. The molecule has 0 atom stereocenters. The summed E-state index contributed by atoms with van der Waals surface area (Å²) in [6, 6.07) is 13.0. The Bertz CT molecular complexity index is 665. The van der Waals surface area contributed by atoms with Crippen molar-refractivity contribution in [1.29, 1.82) is 0 Å². The molecule has 1 N–H and O–H groups in total. The first kappa shape index (κ1) is 14.7. The standard InChI is InChI=1S/C16H15NO4/c1-17(2)21-13-10-6-9-12(16(19)20)14(13)15(18)11-7-4-3-5-8-11/h3-10H,1-2H3,(H,19,20). The number of carboxylic acid groups (broad SMARTS) is 1. The van der Waals surface area contributed by atoms with Crippen LogP contribution in [0.4, 0.5) is 0 Å². The summed E-state index contributed by atoms with van der Waals surface area (Å²) in [6.07, 6.45) is 0. The van der Waals surface area contributed by atoms with Crippen molar-refractivity contribution in [2.24, 2.45) is 0 Å². The lowest BCUT2D eigenvalue weighted by atomic mass is 9.97. The lowest BCUT2D eigenvalue weighted by Crippen LogP contribution is -2.20. The molecule has 0 amide bonds. The van der Waals surface area contributed by atoms with E-state index in [-0.39, 0.29) is 22.7 Å². The maximum Gasteiger partial charge on any atom is 0.336 e. The van der Waals surface area contributed by atoms with Crippen molar-refractivity contribution >= 4 is 11.8 Å². The topological polar surface area (TPSA) is 66.8 Å². The molecule has 2 aromatic carbocycles. The summed E-state index contributed by atoms with van der Waals surface area (Å²) in [7, 11) is 3.31. The molecule has 0 unspecified atom stereocenters. The van der Waals surface area contributed by atoms with Crippen LogP contribution in [0.2, 0.25) is 0 Å². The first-order valence-corrected chi connectivity index (χ1v) is 6.32. The third-order valence-electron chi connectivity index (χ3n) is 2.80. The van der Waals surface area contributed by atoms with Crippen molar-refractivity contribution < 1.29 is 19.5 Å². The molecular weight excluding hydrogens is 270 g/mol. The van der Waals surface area contributed by atoms with Gasteiger partial charge in [0.15, 0.2) is 11.5 Å². The molecule has 0 saturated carbocycles. The summed E-state index contributed by atoms with van der Waals surface area (Å²) in [5, 5.41) is 10.7. The third kappa shape index (κ3) is 3.27. The summed E-state index contributed by atoms with van der Waals surface area (Å²) >= 11 is 0. The van der Waals surface area contributed by atoms with Gasteiger partial charge in [-0.2, -0.15) is 5.06 Å². The van der Waals surface area contributed by atoms with Crippen LogP contribution in [0, 0.1) is 0 Å². The van der Waals surface area contributed by atoms with E-state index in [1.165, 1.54) is 11.1 Å². The number of aromatic carboxylic acids is 1. The number of hydrogen-bond donors (Lipinski definition) is 1. The van der Waals surface area contributed by atoms with Gasteiger partial charge < -0.3 is 9.94 Å². The Morgan fingerprint density at radius 2 is 1.67 bits per heavy atom. The Morgan fingerprint density at radius 1 is 1.00 bits per heavy atom. The number of benzene rings is 2. The van der Waals surface area contributed by atoms with Crippen molar-refractivity contribution in [2.45, 2.75) is 0 Å². The second-order valence-electron chi connectivity index (χ2n) is 4.58. The monoisotopic (exact) mass is 285 g/mol. The number of ketones is 1. The van der Waals surface area contributed by atoms with Crippen LogP contribution in [-0.2, 0) is 0 Å². The largest absolute Gasteiger partial charge is 0.478 e. The molecule has 0 saturated heterocycles. The summed E-state index contributed by atoms with van der Waals surface area (Å²) in [6.45, 7) is 0. The molecule has 0 aliphatic carbocycles. The summed E-state index contributed by atoms with van der Waals surface area (Å²) in [5.74, 6) is -1.34. The maximum atomic E-state index is 12.6. The van der Waals surface area contributed by atoms with Crippen LogP contribution in [0.25, 0.3) is 0 Å². The van der Waals surface area contributed by atoms with E-state index in [4.69, 9.17) is 4.84 Å². The Labute approximate surface area is 122 Å². The first-order valence-electron chi connectivity index (χ1n) is 6.32. The summed E-state index contributed by atoms with van der Waals surface area (Å²) in [5.41, 5.74) is 0.378. The smallest absolute Gasteiger partial charge is 0.336 e. The van der Waals surface area contributed by atoms with Gasteiger partial charge in [0.05, 0.1) is 11.1 Å². The molecule has 0 spiro atoms. The van der Waals surface area contributed by atoms with Crippen LogP contribution >= 0.6 is 0 Å². The van der Waals surface area contributed by atoms with Crippen LogP contribution in [-0.4, -0.2) is 36.0 Å². The first-order chi connectivity index (χ1) is 10.0. The molecular formula is C16H15NO4. The second-order valence-corrected chi connectivity index (χ2v) is 4.58. The van der Waals surface area contributed by atoms with Gasteiger partial charge >= 0.3 is 5.97 Å². The van der Waals surface area contributed by atoms with Crippen molar-refractivity contribution in [3.63, 3.8) is 0 Å². The third-order valence-corrected chi connectivity index (χ3v) is 2.80. The highest BCUT2D eigenvalue weighted by Crippen LogP contribution is 2.26. The fourth-order valence-electron chi connectivity index (χ4n) is 1.95. The zero-order valence-corrected chi connectivity index (χ0v) is 11.7. The molecule has 108 valence electrons. The maximum absolute atomic E-state index is 12.6. The fourth-order valence-corrected chi connectivity index (χ4v) is 1.95. The molecule has 0 aliphatic rings. The zero-order valence-electron chi connectivity index (χ0n) is 11.7. The Kier molecular flexibility index (Phi) is 4.35. The van der Waals surface area contributed by atoms with Crippen LogP contribution in [0.1, 0.15) is 26.3 Å². The van der Waals surface area contributed by atoms with E-state index in [1.54, 1.807) is 56.6 Å². The normalized spacial score (nSPS) is 10.4. The number of rotatable bonds is 5. The van der Waals surface area contributed by atoms with Gasteiger partial charge in [0, 0.05) is 19.7 Å². The lowest BCUT2D eigenvalue weighted by molar-refractivity contribution is -0.00411. The van der Waals surface area contributed by atoms with Crippen LogP contribution < -0.4 is 4.84 Å². The minimum absolute atomic E-state index is 0.0462. The van der Waals surface area contributed by atoms with E-state index in [0.29, 0.717) is 5.56 Å². The zero-order chi connectivity index (χ0) is 15.4. The molecule has 0 radical (unpaired) electrons. The number of carbonyl (C=O) groups is 2. The van der Waals surface area contributed by atoms with Crippen LogP contribution in [0.15, 0.2) is 48.5 Å². The van der Waals surface area contributed by atoms with Crippen LogP contribution in [0.3, 0.4) is 0 Å². The number of hydrogen-bond acceptors (Lipinski definition) is 4. The predicted octanol–water partition coefficient (Wildman–Crippen LogP) is 2.47. The fraction of sp³-hybridized carbons (Fsp3) is 0.125. The highest BCUT2D eigenvalue weighted by molar-refractivity contribution is 6.15. The SMILES string of the molecule is CN(C)Oc1cccc(C(=O)O)c1C(=O)c1ccccc1. The number of hydroxylamine groups is 2. The van der Waals surface area contributed by atoms with E-state index >= 15 is 0 Å². The number of carboxylic acids is 1. The van der Waals surface area contributed by atoms with Crippen molar-refractivity contribution in [2.75, 3.05) is 14.1 Å². The molecule has 0 fully saturated rings. The lowest BCUT2D eigenvalue weighted by Gasteiger charge is -2.16. The van der Waals surface area contributed by atoms with Gasteiger partial charge in [-0.15, -0.1) is 0 Å². The quantitative estimate of drug-likeness (QED) is 0.675. The highest BCUT2D eigenvalue weighted by atomic mass is 16.7. The Hall–Kier alpha value is -2.66. The van der Waals surface area contributed by atoms with E-state index < -0.39 is 5.97 Å². The van der Waals surface area contributed by atoms with Crippen LogP contribution in [0.5, 0.6) is 5.75 Å². The van der Waals surface area contributed by atoms with Crippen molar-refractivity contribution in [3.05, 3.63) is 65.2 Å². The Morgan fingerprint density at radius 3 is 2.24 bits per heavy atom. The molecule has 0 heterocycles. The molecule has 2 rings (SSSR count). The molecule has 2 aromatic rings. The van der Waals surface area contributed by atoms with Gasteiger partial charge in [0.1, 0.15) is 0 Å². The molecule has 0 aliphatic heterocycles. The summed E-state index contributed by atoms with van der Waals surface area (Å²) in [4.78, 5) is 29.4. The molecule has 5 nitrogen and oxygen atoms in total. The van der Waals surface area contributed by atoms with Gasteiger partial charge in [0.25, 0.3) is 0 Å². The van der Waals surface area contributed by atoms with Gasteiger partial charge in [0.2, 0.25) is 0 Å². The average molecular weight is 285 g/mol. The van der Waals surface area contributed by atoms with E-state index in [2.05, 4.69) is 0 Å². The van der Waals surface area contributed by atoms with Gasteiger partial charge in [-0.05, 0) is 12.1 Å². The van der Waals surface area contributed by atoms with E-state index in [1.807, 2.05) is 0 Å². The van der Waals surface area contributed by atoms with Gasteiger partial charge in [-0.3, -0.25) is 4.79 Å².